The fraction of sp³-hybridized carbons (Fsp3) is 0.367. The molecule has 0 bridgehead atoms. The predicted molar refractivity (Wildman–Crippen MR) is 145 cm³/mol. The molecule has 2 aromatic heterocycles. The number of rotatable bonds is 9. The molecule has 1 saturated carbocycles. The molecule has 2 aromatic carbocycles. The molecule has 0 amide bonds. The van der Waals surface area contributed by atoms with Gasteiger partial charge in [-0.2, -0.15) is 13.2 Å². The Morgan fingerprint density at radius 3 is 2.50 bits per heavy atom. The highest BCUT2D eigenvalue weighted by molar-refractivity contribution is 5.92. The first-order chi connectivity index (χ1) is 18.5. The number of hydrogen-bond acceptors (Lipinski definition) is 5. The van der Waals surface area contributed by atoms with Crippen LogP contribution in [0.15, 0.2) is 66.9 Å². The highest BCUT2D eigenvalue weighted by Gasteiger charge is 2.34. The lowest BCUT2D eigenvalue weighted by molar-refractivity contribution is -0.137. The molecule has 1 aliphatic carbocycles. The van der Waals surface area contributed by atoms with Crippen molar-refractivity contribution in [2.24, 2.45) is 5.92 Å². The van der Waals surface area contributed by atoms with E-state index in [1.807, 2.05) is 18.2 Å². The Kier molecular flexibility index (Phi) is 8.17. The van der Waals surface area contributed by atoms with E-state index in [2.05, 4.69) is 27.8 Å². The lowest BCUT2D eigenvalue weighted by Gasteiger charge is -2.21. The smallest absolute Gasteiger partial charge is 0.369 e. The van der Waals surface area contributed by atoms with Crippen LogP contribution in [0.2, 0.25) is 0 Å². The molecule has 0 spiro atoms. The van der Waals surface area contributed by atoms with Gasteiger partial charge in [0.15, 0.2) is 0 Å². The minimum Gasteiger partial charge on any atom is -0.369 e. The summed E-state index contributed by atoms with van der Waals surface area (Å²) in [6, 6.07) is 17.7. The summed E-state index contributed by atoms with van der Waals surface area (Å²) >= 11 is 0. The molecule has 0 radical (unpaired) electrons. The van der Waals surface area contributed by atoms with E-state index in [1.165, 1.54) is 49.9 Å². The van der Waals surface area contributed by atoms with Gasteiger partial charge in [-0.15, -0.1) is 0 Å². The average Bonchev–Trinajstić information content (AvgIpc) is 2.93. The highest BCUT2D eigenvalue weighted by Crippen LogP contribution is 2.36. The van der Waals surface area contributed by atoms with Gasteiger partial charge in [0.25, 0.3) is 0 Å². The summed E-state index contributed by atoms with van der Waals surface area (Å²) < 4.78 is 41.0. The molecule has 1 aliphatic rings. The van der Waals surface area contributed by atoms with Crippen LogP contribution in [0.5, 0.6) is 0 Å². The Balaban J connectivity index is 1.43. The van der Waals surface area contributed by atoms with E-state index in [1.54, 1.807) is 18.2 Å². The van der Waals surface area contributed by atoms with Crippen molar-refractivity contribution in [2.75, 3.05) is 18.4 Å². The van der Waals surface area contributed by atoms with Gasteiger partial charge in [0.1, 0.15) is 11.6 Å². The van der Waals surface area contributed by atoms with Crippen molar-refractivity contribution in [1.82, 2.24) is 20.3 Å². The van der Waals surface area contributed by atoms with Gasteiger partial charge < -0.3 is 10.6 Å². The molecule has 0 aliphatic heterocycles. The van der Waals surface area contributed by atoms with Gasteiger partial charge in [-0.1, -0.05) is 55.7 Å². The highest BCUT2D eigenvalue weighted by atomic mass is 19.4. The number of pyridine rings is 1. The van der Waals surface area contributed by atoms with Crippen LogP contribution in [0.3, 0.4) is 0 Å². The van der Waals surface area contributed by atoms with Crippen LogP contribution in [0.4, 0.5) is 19.0 Å². The third-order valence-corrected chi connectivity index (χ3v) is 7.12. The van der Waals surface area contributed by atoms with E-state index in [0.29, 0.717) is 41.7 Å². The average molecular weight is 520 g/mol. The molecular formula is C30H32F3N5. The number of nitrogens with zero attached hydrogens (tertiary/aromatic N) is 3. The fourth-order valence-electron chi connectivity index (χ4n) is 5.15. The van der Waals surface area contributed by atoms with Crippen LogP contribution in [0, 0.1) is 5.92 Å². The summed E-state index contributed by atoms with van der Waals surface area (Å²) in [5, 5.41) is 7.71. The maximum absolute atomic E-state index is 13.7. The van der Waals surface area contributed by atoms with Crippen LogP contribution in [0.25, 0.3) is 22.2 Å². The molecule has 5 nitrogen and oxygen atoms in total. The van der Waals surface area contributed by atoms with Crippen molar-refractivity contribution in [1.29, 1.82) is 0 Å². The Bertz CT molecular complexity index is 1350. The minimum absolute atomic E-state index is 0.101. The zero-order valence-corrected chi connectivity index (χ0v) is 21.3. The lowest BCUT2D eigenvalue weighted by Crippen LogP contribution is -2.25. The second-order valence-electron chi connectivity index (χ2n) is 9.92. The summed E-state index contributed by atoms with van der Waals surface area (Å²) in [6.07, 6.45) is 4.07. The van der Waals surface area contributed by atoms with E-state index < -0.39 is 11.7 Å². The summed E-state index contributed by atoms with van der Waals surface area (Å²) in [5.41, 5.74) is 1.32. The number of aromatic nitrogens is 3. The van der Waals surface area contributed by atoms with E-state index in [4.69, 9.17) is 9.97 Å². The van der Waals surface area contributed by atoms with Gasteiger partial charge >= 0.3 is 6.18 Å². The number of fused-ring (bicyclic) bond motifs is 1. The number of anilines is 1. The van der Waals surface area contributed by atoms with Gasteiger partial charge in [0, 0.05) is 23.7 Å². The second-order valence-corrected chi connectivity index (χ2v) is 9.92. The molecule has 0 unspecified atom stereocenters. The third kappa shape index (κ3) is 6.48. The maximum atomic E-state index is 13.7. The molecule has 198 valence electrons. The summed E-state index contributed by atoms with van der Waals surface area (Å²) in [5.74, 6) is 1.97. The first-order valence-electron chi connectivity index (χ1n) is 13.3. The topological polar surface area (TPSA) is 62.7 Å². The van der Waals surface area contributed by atoms with Crippen molar-refractivity contribution >= 4 is 16.7 Å². The van der Waals surface area contributed by atoms with Gasteiger partial charge in [-0.05, 0) is 61.6 Å². The number of alkyl halides is 3. The SMILES string of the molecule is FC(F)(F)c1cccnc1-c1ccc2c(NCCc3ccccc3)nc(CNCC3CCCCC3)nc2c1. The third-order valence-electron chi connectivity index (χ3n) is 7.12. The molecule has 0 atom stereocenters. The molecule has 5 rings (SSSR count). The monoisotopic (exact) mass is 519 g/mol. The van der Waals surface area contributed by atoms with Gasteiger partial charge in [0.2, 0.25) is 0 Å². The summed E-state index contributed by atoms with van der Waals surface area (Å²) in [7, 11) is 0. The van der Waals surface area contributed by atoms with Crippen LogP contribution < -0.4 is 10.6 Å². The minimum atomic E-state index is -4.50. The van der Waals surface area contributed by atoms with Crippen molar-refractivity contribution in [3.05, 3.63) is 83.8 Å². The number of hydrogen-bond donors (Lipinski definition) is 2. The number of nitrogens with one attached hydrogen (secondary N) is 2. The molecule has 38 heavy (non-hydrogen) atoms. The van der Waals surface area contributed by atoms with Crippen LogP contribution in [-0.4, -0.2) is 28.0 Å². The van der Waals surface area contributed by atoms with E-state index in [9.17, 15) is 13.2 Å². The van der Waals surface area contributed by atoms with E-state index in [-0.39, 0.29) is 5.69 Å². The normalized spacial score (nSPS) is 14.6. The van der Waals surface area contributed by atoms with Crippen molar-refractivity contribution in [2.45, 2.75) is 51.2 Å². The Morgan fingerprint density at radius 2 is 1.71 bits per heavy atom. The van der Waals surface area contributed by atoms with Crippen LogP contribution in [-0.2, 0) is 19.1 Å². The fourth-order valence-corrected chi connectivity index (χ4v) is 5.15. The second kappa shape index (κ2) is 11.9. The van der Waals surface area contributed by atoms with E-state index in [0.717, 1.165) is 24.4 Å². The summed E-state index contributed by atoms with van der Waals surface area (Å²) in [4.78, 5) is 13.6. The molecule has 2 N–H and O–H groups in total. The number of halogens is 3. The molecule has 4 aromatic rings. The Labute approximate surface area is 220 Å². The zero-order valence-electron chi connectivity index (χ0n) is 21.3. The first kappa shape index (κ1) is 26.1. The molecule has 2 heterocycles. The van der Waals surface area contributed by atoms with Gasteiger partial charge in [-0.25, -0.2) is 9.97 Å². The number of benzene rings is 2. The van der Waals surface area contributed by atoms with Crippen molar-refractivity contribution < 1.29 is 13.2 Å². The molecule has 0 saturated heterocycles. The largest absolute Gasteiger partial charge is 0.418 e. The maximum Gasteiger partial charge on any atom is 0.418 e. The molecule has 1 fully saturated rings. The molecular weight excluding hydrogens is 487 g/mol. The Morgan fingerprint density at radius 1 is 0.895 bits per heavy atom. The van der Waals surface area contributed by atoms with Crippen LogP contribution in [0.1, 0.15) is 49.1 Å². The quantitative estimate of drug-likeness (QED) is 0.248. The van der Waals surface area contributed by atoms with Crippen molar-refractivity contribution in [3.8, 4) is 11.3 Å². The summed E-state index contributed by atoms with van der Waals surface area (Å²) in [6.45, 7) is 2.09. The van der Waals surface area contributed by atoms with Crippen LogP contribution >= 0.6 is 0 Å². The van der Waals surface area contributed by atoms with E-state index >= 15 is 0 Å². The standard InChI is InChI=1S/C30H32F3N5/c31-30(32,33)25-12-7-16-35-28(25)23-13-14-24-26(18-23)37-27(20-34-19-22-10-5-2-6-11-22)38-29(24)36-17-15-21-8-3-1-4-9-21/h1,3-4,7-9,12-14,16,18,22,34H,2,5-6,10-11,15,17,19-20H2,(H,36,37,38). The van der Waals surface area contributed by atoms with Crippen molar-refractivity contribution in [3.63, 3.8) is 0 Å². The van der Waals surface area contributed by atoms with Gasteiger partial charge in [0.05, 0.1) is 23.3 Å². The predicted octanol–water partition coefficient (Wildman–Crippen LogP) is 7.04. The van der Waals surface area contributed by atoms with Gasteiger partial charge in [-0.3, -0.25) is 4.98 Å². The first-order valence-corrected chi connectivity index (χ1v) is 13.3. The lowest BCUT2D eigenvalue weighted by atomic mass is 9.89. The molecule has 8 heteroatoms. The zero-order chi connectivity index (χ0) is 26.4. The Hall–Kier alpha value is -3.52.